The molecule has 0 saturated carbocycles. The number of nitrogens with zero attached hydrogens (tertiary/aromatic N) is 1. The van der Waals surface area contributed by atoms with Crippen LogP contribution in [-0.4, -0.2) is 48.8 Å². The molecule has 0 bridgehead atoms. The van der Waals surface area contributed by atoms with Gasteiger partial charge in [0.1, 0.15) is 12.2 Å². The Balaban J connectivity index is 1.63. The Hall–Kier alpha value is -2.22. The SMILES string of the molecule is COC(=O)N[C@@H](C)C(=O)N1CCC[C@H]1C1NC=C(c2ccc(Br)cc2)N1. The molecular formula is C18H23BrN4O3. The summed E-state index contributed by atoms with van der Waals surface area (Å²) < 4.78 is 5.61. The Labute approximate surface area is 161 Å². The number of halogens is 1. The summed E-state index contributed by atoms with van der Waals surface area (Å²) >= 11 is 3.44. The van der Waals surface area contributed by atoms with Crippen LogP contribution >= 0.6 is 15.9 Å². The van der Waals surface area contributed by atoms with E-state index in [1.807, 2.05) is 35.4 Å². The molecule has 3 atom stereocenters. The highest BCUT2D eigenvalue weighted by Gasteiger charge is 2.38. The highest BCUT2D eigenvalue weighted by Crippen LogP contribution is 2.25. The van der Waals surface area contributed by atoms with Gasteiger partial charge in [-0.05, 0) is 37.5 Å². The van der Waals surface area contributed by atoms with Crippen molar-refractivity contribution in [2.24, 2.45) is 0 Å². The zero-order chi connectivity index (χ0) is 18.7. The molecular weight excluding hydrogens is 400 g/mol. The number of methoxy groups -OCH3 is 1. The van der Waals surface area contributed by atoms with Crippen LogP contribution in [0.5, 0.6) is 0 Å². The number of benzene rings is 1. The summed E-state index contributed by atoms with van der Waals surface area (Å²) in [5, 5.41) is 9.37. The molecule has 1 fully saturated rings. The number of rotatable bonds is 4. The molecule has 0 aromatic heterocycles. The van der Waals surface area contributed by atoms with Crippen LogP contribution in [0.15, 0.2) is 34.9 Å². The van der Waals surface area contributed by atoms with Crippen LogP contribution < -0.4 is 16.0 Å². The lowest BCUT2D eigenvalue weighted by molar-refractivity contribution is -0.134. The highest BCUT2D eigenvalue weighted by atomic mass is 79.9. The first-order valence-electron chi connectivity index (χ1n) is 8.63. The number of nitrogens with one attached hydrogen (secondary N) is 3. The smallest absolute Gasteiger partial charge is 0.407 e. The van der Waals surface area contributed by atoms with Crippen molar-refractivity contribution in [3.8, 4) is 0 Å². The molecule has 7 nitrogen and oxygen atoms in total. The van der Waals surface area contributed by atoms with Crippen molar-refractivity contribution in [1.82, 2.24) is 20.9 Å². The number of hydrogen-bond acceptors (Lipinski definition) is 5. The van der Waals surface area contributed by atoms with Gasteiger partial charge in [-0.25, -0.2) is 4.79 Å². The molecule has 2 heterocycles. The molecule has 1 unspecified atom stereocenters. The summed E-state index contributed by atoms with van der Waals surface area (Å²) in [5.41, 5.74) is 2.09. The molecule has 1 aromatic rings. The predicted molar refractivity (Wildman–Crippen MR) is 102 cm³/mol. The third kappa shape index (κ3) is 3.95. The van der Waals surface area contributed by atoms with E-state index in [9.17, 15) is 9.59 Å². The summed E-state index contributed by atoms with van der Waals surface area (Å²) in [6, 6.07) is 7.46. The topological polar surface area (TPSA) is 82.7 Å². The lowest BCUT2D eigenvalue weighted by Gasteiger charge is -2.32. The van der Waals surface area contributed by atoms with Crippen molar-refractivity contribution in [2.75, 3.05) is 13.7 Å². The molecule has 0 aliphatic carbocycles. The normalized spacial score (nSPS) is 22.9. The average Bonchev–Trinajstić information content (AvgIpc) is 3.30. The van der Waals surface area contributed by atoms with Crippen molar-refractivity contribution in [3.05, 3.63) is 40.5 Å². The first-order chi connectivity index (χ1) is 12.5. The van der Waals surface area contributed by atoms with E-state index in [0.29, 0.717) is 6.54 Å². The minimum atomic E-state index is -0.622. The van der Waals surface area contributed by atoms with Crippen molar-refractivity contribution < 1.29 is 14.3 Å². The van der Waals surface area contributed by atoms with E-state index >= 15 is 0 Å². The Morgan fingerprint density at radius 2 is 2.08 bits per heavy atom. The van der Waals surface area contributed by atoms with Crippen molar-refractivity contribution >= 4 is 33.6 Å². The van der Waals surface area contributed by atoms with E-state index in [0.717, 1.165) is 28.6 Å². The van der Waals surface area contributed by atoms with Gasteiger partial charge in [0.2, 0.25) is 5.91 Å². The number of carbonyl (C=O) groups is 2. The second-order valence-electron chi connectivity index (χ2n) is 6.45. The number of ether oxygens (including phenoxy) is 1. The third-order valence-corrected chi connectivity index (χ3v) is 5.26. The van der Waals surface area contributed by atoms with E-state index in [1.54, 1.807) is 6.92 Å². The van der Waals surface area contributed by atoms with E-state index in [1.165, 1.54) is 7.11 Å². The minimum absolute atomic E-state index is 0.0218. The van der Waals surface area contributed by atoms with Gasteiger partial charge in [-0.3, -0.25) is 4.79 Å². The van der Waals surface area contributed by atoms with Gasteiger partial charge >= 0.3 is 6.09 Å². The molecule has 2 aliphatic heterocycles. The van der Waals surface area contributed by atoms with Crippen molar-refractivity contribution in [2.45, 2.75) is 38.0 Å². The van der Waals surface area contributed by atoms with Crippen LogP contribution in [0.2, 0.25) is 0 Å². The number of likely N-dealkylation sites (tertiary alicyclic amines) is 1. The Kier molecular flexibility index (Phi) is 5.70. The maximum Gasteiger partial charge on any atom is 0.407 e. The third-order valence-electron chi connectivity index (χ3n) is 4.73. The largest absolute Gasteiger partial charge is 0.453 e. The maximum absolute atomic E-state index is 12.7. The fourth-order valence-electron chi connectivity index (χ4n) is 3.39. The van der Waals surface area contributed by atoms with Crippen LogP contribution in [-0.2, 0) is 9.53 Å². The summed E-state index contributed by atoms with van der Waals surface area (Å²) in [6.07, 6.45) is 3.14. The quantitative estimate of drug-likeness (QED) is 0.690. The van der Waals surface area contributed by atoms with E-state index in [4.69, 9.17) is 0 Å². The van der Waals surface area contributed by atoms with Gasteiger partial charge in [0.15, 0.2) is 0 Å². The summed E-state index contributed by atoms with van der Waals surface area (Å²) in [4.78, 5) is 25.9. The van der Waals surface area contributed by atoms with Gasteiger partial charge < -0.3 is 25.6 Å². The monoisotopic (exact) mass is 422 g/mol. The second kappa shape index (κ2) is 7.99. The van der Waals surface area contributed by atoms with Crippen molar-refractivity contribution in [3.63, 3.8) is 0 Å². The van der Waals surface area contributed by atoms with Gasteiger partial charge in [-0.15, -0.1) is 0 Å². The Morgan fingerprint density at radius 1 is 1.35 bits per heavy atom. The maximum atomic E-state index is 12.7. The molecule has 3 rings (SSSR count). The van der Waals surface area contributed by atoms with Crippen LogP contribution in [0.4, 0.5) is 4.79 Å². The molecule has 26 heavy (non-hydrogen) atoms. The standard InChI is InChI=1S/C18H23BrN4O3/c1-11(21-18(25)26-2)17(24)23-9-3-4-15(23)16-20-10-14(22-16)12-5-7-13(19)8-6-12/h5-8,10-11,15-16,20,22H,3-4,9H2,1-2H3,(H,21,25)/t11-,15-,16?/m0/s1. The van der Waals surface area contributed by atoms with Gasteiger partial charge in [0, 0.05) is 17.2 Å². The first-order valence-corrected chi connectivity index (χ1v) is 9.42. The highest BCUT2D eigenvalue weighted by molar-refractivity contribution is 9.10. The molecule has 3 N–H and O–H groups in total. The Morgan fingerprint density at radius 3 is 2.77 bits per heavy atom. The first kappa shape index (κ1) is 18.6. The second-order valence-corrected chi connectivity index (χ2v) is 7.37. The number of carbonyl (C=O) groups excluding carboxylic acids is 2. The predicted octanol–water partition coefficient (Wildman–Crippen LogP) is 2.00. The van der Waals surface area contributed by atoms with E-state index in [2.05, 4.69) is 36.6 Å². The molecule has 0 spiro atoms. The molecule has 0 radical (unpaired) electrons. The molecule has 8 heteroatoms. The molecule has 140 valence electrons. The lowest BCUT2D eigenvalue weighted by atomic mass is 10.1. The van der Waals surface area contributed by atoms with Crippen LogP contribution in [0.1, 0.15) is 25.3 Å². The summed E-state index contributed by atoms with van der Waals surface area (Å²) in [6.45, 7) is 2.36. The summed E-state index contributed by atoms with van der Waals surface area (Å²) in [7, 11) is 1.28. The number of hydrogen-bond donors (Lipinski definition) is 3. The fourth-order valence-corrected chi connectivity index (χ4v) is 3.65. The zero-order valence-corrected chi connectivity index (χ0v) is 16.4. The van der Waals surface area contributed by atoms with Crippen molar-refractivity contribution in [1.29, 1.82) is 0 Å². The van der Waals surface area contributed by atoms with Gasteiger partial charge in [0.05, 0.1) is 18.8 Å². The molecule has 1 aromatic carbocycles. The van der Waals surface area contributed by atoms with Crippen LogP contribution in [0.3, 0.4) is 0 Å². The zero-order valence-electron chi connectivity index (χ0n) is 14.8. The molecule has 2 aliphatic rings. The minimum Gasteiger partial charge on any atom is -0.453 e. The van der Waals surface area contributed by atoms with Gasteiger partial charge in [0.25, 0.3) is 0 Å². The van der Waals surface area contributed by atoms with E-state index < -0.39 is 12.1 Å². The fraction of sp³-hybridized carbons (Fsp3) is 0.444. The lowest BCUT2D eigenvalue weighted by Crippen LogP contribution is -2.55. The number of alkyl carbamates (subject to hydrolysis) is 1. The van der Waals surface area contributed by atoms with E-state index in [-0.39, 0.29) is 18.1 Å². The van der Waals surface area contributed by atoms with Gasteiger partial charge in [-0.2, -0.15) is 0 Å². The molecule has 2 amide bonds. The molecule has 1 saturated heterocycles. The van der Waals surface area contributed by atoms with Gasteiger partial charge in [-0.1, -0.05) is 28.1 Å². The van der Waals surface area contributed by atoms with Crippen LogP contribution in [0, 0.1) is 0 Å². The van der Waals surface area contributed by atoms with Crippen LogP contribution in [0.25, 0.3) is 5.70 Å². The average molecular weight is 423 g/mol. The summed E-state index contributed by atoms with van der Waals surface area (Å²) in [5.74, 6) is -0.0985. The Bertz CT molecular complexity index is 707. The number of amides is 2.